The van der Waals surface area contributed by atoms with E-state index >= 15 is 0 Å². The second-order valence-corrected chi connectivity index (χ2v) is 11.5. The third-order valence-corrected chi connectivity index (χ3v) is 8.98. The molecule has 2 fully saturated rings. The number of nitrogens with zero attached hydrogens (tertiary/aromatic N) is 3. The normalized spacial score (nSPS) is 19.6. The third-order valence-electron chi connectivity index (χ3n) is 8.62. The van der Waals surface area contributed by atoms with Crippen LogP contribution in [0.2, 0.25) is 0 Å². The van der Waals surface area contributed by atoms with Crippen molar-refractivity contribution in [2.24, 2.45) is 0 Å². The van der Waals surface area contributed by atoms with E-state index in [0.29, 0.717) is 24.1 Å². The van der Waals surface area contributed by atoms with Gasteiger partial charge in [0.2, 0.25) is 5.91 Å². The minimum atomic E-state index is -0.0878. The Bertz CT molecular complexity index is 1520. The number of thiocarbonyl (C=S) groups is 1. The van der Waals surface area contributed by atoms with E-state index < -0.39 is 0 Å². The molecule has 1 saturated carbocycles. The van der Waals surface area contributed by atoms with Gasteiger partial charge in [0.25, 0.3) is 0 Å². The lowest BCUT2D eigenvalue weighted by Gasteiger charge is -2.29. The Kier molecular flexibility index (Phi) is 7.57. The molecule has 0 bridgehead atoms. The van der Waals surface area contributed by atoms with Crippen molar-refractivity contribution in [2.45, 2.75) is 70.5 Å². The standard InChI is InChI=1S/C33H37N5OS/c1-22-21-27(23(2)38(22)25-13-4-3-5-14-25)32-31(29-16-8-9-19-34-29)36-33(40)37(32)20-18-30(39)35-28-17-10-12-24-11-6-7-15-26(24)28/h6-12,15-17,19,21,25,31-32H,3-5,13-14,18,20H2,1-2H3,(H,35,39)(H,36,40)/t31-,32+/m1/s1. The van der Waals surface area contributed by atoms with Crippen LogP contribution in [0.25, 0.3) is 10.8 Å². The second kappa shape index (κ2) is 11.4. The van der Waals surface area contributed by atoms with Gasteiger partial charge in [0.1, 0.15) is 0 Å². The first-order chi connectivity index (χ1) is 19.5. The highest BCUT2D eigenvalue weighted by Gasteiger charge is 2.41. The van der Waals surface area contributed by atoms with Crippen molar-refractivity contribution in [3.05, 3.63) is 95.6 Å². The van der Waals surface area contributed by atoms with Gasteiger partial charge in [0.15, 0.2) is 5.11 Å². The lowest BCUT2D eigenvalue weighted by Crippen LogP contribution is -2.33. The van der Waals surface area contributed by atoms with E-state index in [2.05, 4.69) is 58.2 Å². The van der Waals surface area contributed by atoms with Crippen LogP contribution in [0.3, 0.4) is 0 Å². The molecule has 0 radical (unpaired) electrons. The minimum absolute atomic E-state index is 0.0214. The van der Waals surface area contributed by atoms with Crippen molar-refractivity contribution < 1.29 is 4.79 Å². The number of nitrogens with one attached hydrogen (secondary N) is 2. The Morgan fingerprint density at radius 3 is 2.60 bits per heavy atom. The summed E-state index contributed by atoms with van der Waals surface area (Å²) >= 11 is 5.90. The summed E-state index contributed by atoms with van der Waals surface area (Å²) in [5, 5.41) is 9.52. The predicted molar refractivity (Wildman–Crippen MR) is 165 cm³/mol. The SMILES string of the molecule is Cc1cc([C@H]2[C@@H](c3ccccn3)NC(=S)N2CCC(=O)Nc2cccc3ccccc23)c(C)n1C1CCCCC1. The van der Waals surface area contributed by atoms with Gasteiger partial charge in [-0.25, -0.2) is 0 Å². The van der Waals surface area contributed by atoms with Gasteiger partial charge in [-0.3, -0.25) is 9.78 Å². The lowest BCUT2D eigenvalue weighted by atomic mass is 9.94. The molecule has 2 aromatic heterocycles. The number of rotatable bonds is 7. The summed E-state index contributed by atoms with van der Waals surface area (Å²) in [5.41, 5.74) is 5.66. The van der Waals surface area contributed by atoms with Crippen LogP contribution >= 0.6 is 12.2 Å². The molecule has 2 aliphatic rings. The zero-order valence-corrected chi connectivity index (χ0v) is 24.1. The maximum absolute atomic E-state index is 13.2. The van der Waals surface area contributed by atoms with E-state index in [-0.39, 0.29) is 18.0 Å². The summed E-state index contributed by atoms with van der Waals surface area (Å²) in [6.45, 7) is 4.99. The van der Waals surface area contributed by atoms with Crippen LogP contribution in [0, 0.1) is 13.8 Å². The van der Waals surface area contributed by atoms with Gasteiger partial charge >= 0.3 is 0 Å². The summed E-state index contributed by atoms with van der Waals surface area (Å²) in [6.07, 6.45) is 8.55. The van der Waals surface area contributed by atoms with E-state index in [1.807, 2.05) is 48.7 Å². The average Bonchev–Trinajstić information content (AvgIpc) is 3.47. The summed E-state index contributed by atoms with van der Waals surface area (Å²) in [6, 6.07) is 22.9. The number of pyridine rings is 1. The fraction of sp³-hybridized carbons (Fsp3) is 0.364. The number of benzene rings is 2. The molecule has 0 unspecified atom stereocenters. The molecule has 2 atom stereocenters. The Labute approximate surface area is 241 Å². The molecule has 2 aromatic carbocycles. The topological polar surface area (TPSA) is 62.2 Å². The van der Waals surface area contributed by atoms with Gasteiger partial charge in [0, 0.05) is 47.7 Å². The van der Waals surface area contributed by atoms with E-state index in [0.717, 1.165) is 22.2 Å². The third kappa shape index (κ3) is 5.10. The van der Waals surface area contributed by atoms with Gasteiger partial charge in [0.05, 0.1) is 17.8 Å². The van der Waals surface area contributed by atoms with Gasteiger partial charge < -0.3 is 20.1 Å². The van der Waals surface area contributed by atoms with Crippen LogP contribution in [0.4, 0.5) is 5.69 Å². The van der Waals surface area contributed by atoms with Gasteiger partial charge in [-0.1, -0.05) is 61.7 Å². The number of aromatic nitrogens is 2. The first-order valence-corrected chi connectivity index (χ1v) is 14.9. The van der Waals surface area contributed by atoms with Gasteiger partial charge in [-0.15, -0.1) is 0 Å². The highest BCUT2D eigenvalue weighted by atomic mass is 32.1. The average molecular weight is 552 g/mol. The molecular weight excluding hydrogens is 514 g/mol. The maximum atomic E-state index is 13.2. The molecule has 4 aromatic rings. The van der Waals surface area contributed by atoms with Gasteiger partial charge in [-0.2, -0.15) is 0 Å². The van der Waals surface area contributed by atoms with Crippen LogP contribution in [0.5, 0.6) is 0 Å². The molecule has 1 amide bonds. The van der Waals surface area contributed by atoms with Crippen molar-refractivity contribution in [3.8, 4) is 0 Å². The highest BCUT2D eigenvalue weighted by molar-refractivity contribution is 7.80. The highest BCUT2D eigenvalue weighted by Crippen LogP contribution is 2.42. The molecular formula is C33H37N5OS. The van der Waals surface area contributed by atoms with Gasteiger partial charge in [-0.05, 0) is 74.1 Å². The number of carbonyl (C=O) groups is 1. The smallest absolute Gasteiger partial charge is 0.226 e. The van der Waals surface area contributed by atoms with Crippen LogP contribution in [0.1, 0.15) is 79.3 Å². The molecule has 0 spiro atoms. The van der Waals surface area contributed by atoms with Crippen molar-refractivity contribution in [1.29, 1.82) is 0 Å². The largest absolute Gasteiger partial charge is 0.352 e. The zero-order valence-electron chi connectivity index (χ0n) is 23.3. The van der Waals surface area contributed by atoms with Crippen molar-refractivity contribution >= 4 is 39.7 Å². The van der Waals surface area contributed by atoms with Crippen molar-refractivity contribution in [1.82, 2.24) is 19.8 Å². The molecule has 206 valence electrons. The zero-order chi connectivity index (χ0) is 27.6. The maximum Gasteiger partial charge on any atom is 0.226 e. The molecule has 6 rings (SSSR count). The van der Waals surface area contributed by atoms with Crippen LogP contribution in [-0.4, -0.2) is 32.0 Å². The van der Waals surface area contributed by atoms with E-state index in [4.69, 9.17) is 17.2 Å². The Morgan fingerprint density at radius 2 is 1.80 bits per heavy atom. The number of amides is 1. The first kappa shape index (κ1) is 26.5. The molecule has 6 nitrogen and oxygen atoms in total. The van der Waals surface area contributed by atoms with Crippen LogP contribution < -0.4 is 10.6 Å². The fourth-order valence-corrected chi connectivity index (χ4v) is 7.09. The Hall–Kier alpha value is -3.71. The minimum Gasteiger partial charge on any atom is -0.352 e. The molecule has 1 aliphatic carbocycles. The number of hydrogen-bond donors (Lipinski definition) is 2. The van der Waals surface area contributed by atoms with Crippen LogP contribution in [-0.2, 0) is 4.79 Å². The summed E-state index contributed by atoms with van der Waals surface area (Å²) in [7, 11) is 0. The number of anilines is 1. The number of carbonyl (C=O) groups excluding carboxylic acids is 1. The predicted octanol–water partition coefficient (Wildman–Crippen LogP) is 7.16. The fourth-order valence-electron chi connectivity index (χ4n) is 6.76. The van der Waals surface area contributed by atoms with Crippen molar-refractivity contribution in [3.63, 3.8) is 0 Å². The number of fused-ring (bicyclic) bond motifs is 1. The summed E-state index contributed by atoms with van der Waals surface area (Å²) < 4.78 is 2.55. The summed E-state index contributed by atoms with van der Waals surface area (Å²) in [5.74, 6) is -0.0214. The first-order valence-electron chi connectivity index (χ1n) is 14.5. The molecule has 40 heavy (non-hydrogen) atoms. The Balaban J connectivity index is 1.28. The quantitative estimate of drug-likeness (QED) is 0.239. The van der Waals surface area contributed by atoms with E-state index in [1.54, 1.807) is 0 Å². The lowest BCUT2D eigenvalue weighted by molar-refractivity contribution is -0.116. The monoisotopic (exact) mass is 551 g/mol. The number of hydrogen-bond acceptors (Lipinski definition) is 3. The molecule has 3 heterocycles. The summed E-state index contributed by atoms with van der Waals surface area (Å²) in [4.78, 5) is 20.1. The van der Waals surface area contributed by atoms with E-state index in [1.165, 1.54) is 49.1 Å². The van der Waals surface area contributed by atoms with Crippen LogP contribution in [0.15, 0.2) is 72.9 Å². The van der Waals surface area contributed by atoms with E-state index in [9.17, 15) is 4.79 Å². The number of aryl methyl sites for hydroxylation is 1. The molecule has 1 saturated heterocycles. The molecule has 2 N–H and O–H groups in total. The Morgan fingerprint density at radius 1 is 1.02 bits per heavy atom. The molecule has 7 heteroatoms. The second-order valence-electron chi connectivity index (χ2n) is 11.1. The molecule has 1 aliphatic heterocycles. The van der Waals surface area contributed by atoms with Crippen molar-refractivity contribution in [2.75, 3.05) is 11.9 Å².